The van der Waals surface area contributed by atoms with Gasteiger partial charge in [-0.15, -0.1) is 0 Å². The molecule has 0 amide bonds. The molecule has 2 aliphatic rings. The zero-order chi connectivity index (χ0) is 12.1. The van der Waals surface area contributed by atoms with Crippen molar-refractivity contribution in [3.63, 3.8) is 0 Å². The quantitative estimate of drug-likeness (QED) is 0.743. The highest BCUT2D eigenvalue weighted by Gasteiger charge is 2.31. The van der Waals surface area contributed by atoms with Gasteiger partial charge in [0.1, 0.15) is 0 Å². The van der Waals surface area contributed by atoms with Gasteiger partial charge in [0.2, 0.25) is 0 Å². The Bertz CT molecular complexity index is 217. The van der Waals surface area contributed by atoms with E-state index in [0.29, 0.717) is 6.10 Å². The lowest BCUT2D eigenvalue weighted by Gasteiger charge is -2.39. The first-order valence-corrected chi connectivity index (χ1v) is 7.60. The zero-order valence-corrected chi connectivity index (χ0v) is 11.6. The van der Waals surface area contributed by atoms with E-state index in [1.165, 1.54) is 44.9 Å². The molecule has 0 heterocycles. The Morgan fingerprint density at radius 2 is 1.82 bits per heavy atom. The Hall–Kier alpha value is -0.0800. The van der Waals surface area contributed by atoms with Gasteiger partial charge in [-0.3, -0.25) is 0 Å². The molecule has 2 saturated carbocycles. The number of nitrogens with one attached hydrogen (secondary N) is 1. The fourth-order valence-electron chi connectivity index (χ4n) is 3.62. The highest BCUT2D eigenvalue weighted by molar-refractivity contribution is 4.86. The molecule has 0 spiro atoms. The largest absolute Gasteiger partial charge is 0.377 e. The molecule has 2 nitrogen and oxygen atoms in total. The smallest absolute Gasteiger partial charge is 0.0594 e. The van der Waals surface area contributed by atoms with Gasteiger partial charge in [-0.1, -0.05) is 25.7 Å². The van der Waals surface area contributed by atoms with Crippen LogP contribution in [0, 0.1) is 11.8 Å². The normalized spacial score (nSPS) is 33.7. The van der Waals surface area contributed by atoms with Crippen LogP contribution in [0.1, 0.15) is 58.8 Å². The Labute approximate surface area is 107 Å². The van der Waals surface area contributed by atoms with E-state index in [0.717, 1.165) is 31.0 Å². The second-order valence-corrected chi connectivity index (χ2v) is 6.19. The van der Waals surface area contributed by atoms with E-state index in [9.17, 15) is 0 Å². The van der Waals surface area contributed by atoms with Gasteiger partial charge in [0, 0.05) is 12.6 Å². The molecule has 0 aliphatic heterocycles. The van der Waals surface area contributed by atoms with E-state index < -0.39 is 0 Å². The summed E-state index contributed by atoms with van der Waals surface area (Å²) in [4.78, 5) is 0. The lowest BCUT2D eigenvalue weighted by Crippen LogP contribution is -2.40. The molecule has 2 heteroatoms. The van der Waals surface area contributed by atoms with Gasteiger partial charge >= 0.3 is 0 Å². The van der Waals surface area contributed by atoms with Crippen molar-refractivity contribution >= 4 is 0 Å². The average Bonchev–Trinajstić information content (AvgIpc) is 2.34. The highest BCUT2D eigenvalue weighted by atomic mass is 16.5. The topological polar surface area (TPSA) is 21.3 Å². The molecule has 0 aromatic rings. The van der Waals surface area contributed by atoms with Gasteiger partial charge in [0.05, 0.1) is 12.7 Å². The minimum atomic E-state index is 0.367. The molecule has 3 unspecified atom stereocenters. The van der Waals surface area contributed by atoms with Crippen LogP contribution in [-0.4, -0.2) is 25.3 Å². The van der Waals surface area contributed by atoms with E-state index in [1.807, 2.05) is 0 Å². The van der Waals surface area contributed by atoms with Crippen LogP contribution >= 0.6 is 0 Å². The standard InChI is InChI=1S/C15H29NO/c1-12(2)17-10-9-16-15-8-7-13-5-3-4-6-14(13)11-15/h12-16H,3-11H2,1-2H3. The van der Waals surface area contributed by atoms with Crippen molar-refractivity contribution in [1.82, 2.24) is 5.32 Å². The summed E-state index contributed by atoms with van der Waals surface area (Å²) in [6.07, 6.45) is 10.6. The van der Waals surface area contributed by atoms with Crippen LogP contribution in [0.4, 0.5) is 0 Å². The first-order valence-electron chi connectivity index (χ1n) is 7.60. The molecule has 17 heavy (non-hydrogen) atoms. The molecule has 0 aromatic carbocycles. The van der Waals surface area contributed by atoms with Gasteiger partial charge in [0.15, 0.2) is 0 Å². The van der Waals surface area contributed by atoms with Crippen LogP contribution in [0.3, 0.4) is 0 Å². The molecule has 2 rings (SSSR count). The Morgan fingerprint density at radius 3 is 2.59 bits per heavy atom. The molecule has 1 N–H and O–H groups in total. The second kappa shape index (κ2) is 6.75. The molecule has 0 radical (unpaired) electrons. The van der Waals surface area contributed by atoms with Crippen LogP contribution in [0.5, 0.6) is 0 Å². The summed E-state index contributed by atoms with van der Waals surface area (Å²) in [5.74, 6) is 2.09. The summed E-state index contributed by atoms with van der Waals surface area (Å²) < 4.78 is 5.58. The SMILES string of the molecule is CC(C)OCCNC1CCC2CCCCC2C1. The summed E-state index contributed by atoms with van der Waals surface area (Å²) in [6, 6.07) is 0.769. The van der Waals surface area contributed by atoms with Crippen molar-refractivity contribution in [2.45, 2.75) is 70.9 Å². The summed E-state index contributed by atoms with van der Waals surface area (Å²) in [7, 11) is 0. The Balaban J connectivity index is 1.62. The number of fused-ring (bicyclic) bond motifs is 1. The molecule has 100 valence electrons. The maximum Gasteiger partial charge on any atom is 0.0594 e. The average molecular weight is 239 g/mol. The Morgan fingerprint density at radius 1 is 1.06 bits per heavy atom. The van der Waals surface area contributed by atoms with Crippen molar-refractivity contribution in [1.29, 1.82) is 0 Å². The van der Waals surface area contributed by atoms with E-state index >= 15 is 0 Å². The van der Waals surface area contributed by atoms with Crippen molar-refractivity contribution < 1.29 is 4.74 Å². The predicted molar refractivity (Wildman–Crippen MR) is 72.2 cm³/mol. The maximum atomic E-state index is 5.58. The first kappa shape index (κ1) is 13.4. The molecular formula is C15H29NO. The van der Waals surface area contributed by atoms with Crippen molar-refractivity contribution in [3.05, 3.63) is 0 Å². The zero-order valence-electron chi connectivity index (χ0n) is 11.6. The third-order valence-electron chi connectivity index (χ3n) is 4.53. The van der Waals surface area contributed by atoms with Crippen LogP contribution in [0.25, 0.3) is 0 Å². The van der Waals surface area contributed by atoms with E-state index in [2.05, 4.69) is 19.2 Å². The number of ether oxygens (including phenoxy) is 1. The van der Waals surface area contributed by atoms with Crippen molar-refractivity contribution in [3.8, 4) is 0 Å². The van der Waals surface area contributed by atoms with Crippen LogP contribution < -0.4 is 5.32 Å². The minimum Gasteiger partial charge on any atom is -0.377 e. The van der Waals surface area contributed by atoms with Crippen LogP contribution in [0.2, 0.25) is 0 Å². The van der Waals surface area contributed by atoms with E-state index in [4.69, 9.17) is 4.74 Å². The lowest BCUT2D eigenvalue weighted by molar-refractivity contribution is 0.0746. The van der Waals surface area contributed by atoms with Gasteiger partial charge in [-0.2, -0.15) is 0 Å². The second-order valence-electron chi connectivity index (χ2n) is 6.19. The van der Waals surface area contributed by atoms with Gasteiger partial charge < -0.3 is 10.1 Å². The van der Waals surface area contributed by atoms with Gasteiger partial charge in [0.25, 0.3) is 0 Å². The van der Waals surface area contributed by atoms with Crippen LogP contribution in [0.15, 0.2) is 0 Å². The number of rotatable bonds is 5. The molecule has 0 bridgehead atoms. The first-order chi connectivity index (χ1) is 8.25. The summed E-state index contributed by atoms with van der Waals surface area (Å²) in [6.45, 7) is 6.10. The fraction of sp³-hybridized carbons (Fsp3) is 1.00. The summed E-state index contributed by atoms with van der Waals surface area (Å²) in [5.41, 5.74) is 0. The van der Waals surface area contributed by atoms with Crippen LogP contribution in [-0.2, 0) is 4.74 Å². The molecular weight excluding hydrogens is 210 g/mol. The van der Waals surface area contributed by atoms with E-state index in [1.54, 1.807) is 0 Å². The third kappa shape index (κ3) is 4.26. The molecule has 0 saturated heterocycles. The number of hydrogen-bond donors (Lipinski definition) is 1. The van der Waals surface area contributed by atoms with Gasteiger partial charge in [-0.25, -0.2) is 0 Å². The Kier molecular flexibility index (Phi) is 5.30. The van der Waals surface area contributed by atoms with Crippen molar-refractivity contribution in [2.75, 3.05) is 13.2 Å². The maximum absolute atomic E-state index is 5.58. The molecule has 2 aliphatic carbocycles. The predicted octanol–water partition coefficient (Wildman–Crippen LogP) is 3.36. The van der Waals surface area contributed by atoms with Crippen molar-refractivity contribution in [2.24, 2.45) is 11.8 Å². The van der Waals surface area contributed by atoms with Gasteiger partial charge in [-0.05, 0) is 44.9 Å². The fourth-order valence-corrected chi connectivity index (χ4v) is 3.62. The summed E-state index contributed by atoms with van der Waals surface area (Å²) >= 11 is 0. The third-order valence-corrected chi connectivity index (χ3v) is 4.53. The minimum absolute atomic E-state index is 0.367. The summed E-state index contributed by atoms with van der Waals surface area (Å²) in [5, 5.41) is 3.68. The number of hydrogen-bond acceptors (Lipinski definition) is 2. The highest BCUT2D eigenvalue weighted by Crippen LogP contribution is 2.40. The lowest BCUT2D eigenvalue weighted by atomic mass is 9.69. The molecule has 0 aromatic heterocycles. The van der Waals surface area contributed by atoms with E-state index in [-0.39, 0.29) is 0 Å². The monoisotopic (exact) mass is 239 g/mol. The molecule has 3 atom stereocenters. The molecule has 2 fully saturated rings.